The van der Waals surface area contributed by atoms with Gasteiger partial charge in [0.2, 0.25) is 0 Å². The number of aliphatic hydroxyl groups is 1. The maximum Gasteiger partial charge on any atom is 0.328 e. The van der Waals surface area contributed by atoms with Crippen molar-refractivity contribution in [1.82, 2.24) is 5.32 Å². The summed E-state index contributed by atoms with van der Waals surface area (Å²) in [7, 11) is 0. The Bertz CT molecular complexity index is 175. The summed E-state index contributed by atoms with van der Waals surface area (Å²) >= 11 is 0. The summed E-state index contributed by atoms with van der Waals surface area (Å²) in [4.78, 5) is 10.0. The molecule has 0 saturated carbocycles. The molecule has 4 nitrogen and oxygen atoms in total. The first-order valence-electron chi connectivity index (χ1n) is 3.73. The first kappa shape index (κ1) is 11.1. The van der Waals surface area contributed by atoms with Crippen LogP contribution in [0.15, 0.2) is 12.2 Å². The second-order valence-electron chi connectivity index (χ2n) is 3.16. The fourth-order valence-electron chi connectivity index (χ4n) is 0.551. The van der Waals surface area contributed by atoms with Gasteiger partial charge >= 0.3 is 5.97 Å². The average Bonchev–Trinajstić information content (AvgIpc) is 1.98. The number of nitrogens with one attached hydrogen (secondary N) is 1. The second-order valence-corrected chi connectivity index (χ2v) is 3.16. The number of aliphatic hydroxyl groups excluding tert-OH is 1. The van der Waals surface area contributed by atoms with E-state index in [0.29, 0.717) is 6.54 Å². The molecule has 0 bridgehead atoms. The highest BCUT2D eigenvalue weighted by Crippen LogP contribution is 1.97. The van der Waals surface area contributed by atoms with Gasteiger partial charge in [-0.1, -0.05) is 6.08 Å². The number of aliphatic carboxylic acids is 1. The minimum absolute atomic E-state index is 0.0217. The monoisotopic (exact) mass is 173 g/mol. The van der Waals surface area contributed by atoms with Crippen LogP contribution in [0.25, 0.3) is 0 Å². The van der Waals surface area contributed by atoms with Crippen LogP contribution >= 0.6 is 0 Å². The zero-order chi connectivity index (χ0) is 9.61. The highest BCUT2D eigenvalue weighted by Gasteiger charge is 2.13. The number of rotatable bonds is 5. The third kappa shape index (κ3) is 5.88. The Hall–Kier alpha value is -0.870. The Morgan fingerprint density at radius 1 is 1.58 bits per heavy atom. The Kier molecular flexibility index (Phi) is 4.54. The largest absolute Gasteiger partial charge is 0.478 e. The molecule has 0 unspecified atom stereocenters. The maximum atomic E-state index is 10.0. The van der Waals surface area contributed by atoms with Crippen LogP contribution in [0.3, 0.4) is 0 Å². The van der Waals surface area contributed by atoms with Crippen LogP contribution in [0.5, 0.6) is 0 Å². The van der Waals surface area contributed by atoms with E-state index in [4.69, 9.17) is 10.2 Å². The average molecular weight is 173 g/mol. The molecule has 0 aliphatic heterocycles. The first-order valence-corrected chi connectivity index (χ1v) is 3.73. The third-order valence-corrected chi connectivity index (χ3v) is 1.35. The standard InChI is InChI=1S/C8H15NO3/c1-8(2,6-10)9-5-3-4-7(11)12/h3-4,9-10H,5-6H2,1-2H3,(H,11,12)/b4-3+. The Labute approximate surface area is 71.9 Å². The number of carboxylic acids is 1. The lowest BCUT2D eigenvalue weighted by Gasteiger charge is -2.22. The molecular weight excluding hydrogens is 158 g/mol. The van der Waals surface area contributed by atoms with Crippen LogP contribution in [-0.2, 0) is 4.79 Å². The summed E-state index contributed by atoms with van der Waals surface area (Å²) in [6.07, 6.45) is 2.57. The number of carboxylic acid groups (broad SMARTS) is 1. The molecule has 0 aromatic rings. The molecule has 0 aromatic carbocycles. The van der Waals surface area contributed by atoms with Gasteiger partial charge in [0.25, 0.3) is 0 Å². The predicted octanol–water partition coefficient (Wildman–Crippen LogP) is -0.0123. The van der Waals surface area contributed by atoms with Gasteiger partial charge in [-0.05, 0) is 13.8 Å². The van der Waals surface area contributed by atoms with E-state index in [1.807, 2.05) is 13.8 Å². The van der Waals surface area contributed by atoms with Gasteiger partial charge in [-0.25, -0.2) is 4.79 Å². The second kappa shape index (κ2) is 4.90. The number of carbonyl (C=O) groups is 1. The van der Waals surface area contributed by atoms with Crippen molar-refractivity contribution in [1.29, 1.82) is 0 Å². The molecule has 4 heteroatoms. The van der Waals surface area contributed by atoms with Gasteiger partial charge in [0.15, 0.2) is 0 Å². The summed E-state index contributed by atoms with van der Waals surface area (Å²) in [5.41, 5.74) is -0.358. The van der Waals surface area contributed by atoms with E-state index < -0.39 is 5.97 Å². The normalized spacial score (nSPS) is 12.2. The molecule has 0 aliphatic carbocycles. The fourth-order valence-corrected chi connectivity index (χ4v) is 0.551. The van der Waals surface area contributed by atoms with Crippen LogP contribution in [0.1, 0.15) is 13.8 Å². The predicted molar refractivity (Wildman–Crippen MR) is 45.9 cm³/mol. The van der Waals surface area contributed by atoms with E-state index >= 15 is 0 Å². The fraction of sp³-hybridized carbons (Fsp3) is 0.625. The SMILES string of the molecule is CC(C)(CO)NC/C=C/C(=O)O. The van der Waals surface area contributed by atoms with Gasteiger partial charge in [0.05, 0.1) is 6.61 Å². The van der Waals surface area contributed by atoms with Gasteiger partial charge < -0.3 is 15.5 Å². The maximum absolute atomic E-state index is 10.0. The molecule has 3 N–H and O–H groups in total. The van der Waals surface area contributed by atoms with Gasteiger partial charge in [0.1, 0.15) is 0 Å². The molecule has 0 atom stereocenters. The van der Waals surface area contributed by atoms with Crippen molar-refractivity contribution < 1.29 is 15.0 Å². The lowest BCUT2D eigenvalue weighted by molar-refractivity contribution is -0.131. The van der Waals surface area contributed by atoms with Crippen molar-refractivity contribution in [2.45, 2.75) is 19.4 Å². The summed E-state index contributed by atoms with van der Waals surface area (Å²) in [5, 5.41) is 20.0. The molecule has 0 fully saturated rings. The van der Waals surface area contributed by atoms with Gasteiger partial charge in [-0.2, -0.15) is 0 Å². The molecule has 0 spiro atoms. The third-order valence-electron chi connectivity index (χ3n) is 1.35. The van der Waals surface area contributed by atoms with E-state index in [2.05, 4.69) is 5.32 Å². The topological polar surface area (TPSA) is 69.6 Å². The van der Waals surface area contributed by atoms with Crippen LogP contribution in [0.2, 0.25) is 0 Å². The van der Waals surface area contributed by atoms with Crippen LogP contribution in [-0.4, -0.2) is 34.9 Å². The van der Waals surface area contributed by atoms with Crippen molar-refractivity contribution in [3.05, 3.63) is 12.2 Å². The molecule has 0 saturated heterocycles. The Balaban J connectivity index is 3.63. The number of hydrogen-bond acceptors (Lipinski definition) is 3. The van der Waals surface area contributed by atoms with E-state index in [0.717, 1.165) is 6.08 Å². The van der Waals surface area contributed by atoms with Gasteiger partial charge in [0, 0.05) is 18.2 Å². The quantitative estimate of drug-likeness (QED) is 0.511. The molecule has 0 rings (SSSR count). The van der Waals surface area contributed by atoms with Crippen LogP contribution in [0.4, 0.5) is 0 Å². The summed E-state index contributed by atoms with van der Waals surface area (Å²) in [6, 6.07) is 0. The summed E-state index contributed by atoms with van der Waals surface area (Å²) < 4.78 is 0. The highest BCUT2D eigenvalue weighted by molar-refractivity contribution is 5.79. The Morgan fingerprint density at radius 2 is 2.17 bits per heavy atom. The molecule has 0 heterocycles. The molecule has 0 amide bonds. The summed E-state index contributed by atoms with van der Waals surface area (Å²) in [5.74, 6) is -0.960. The molecule has 0 aliphatic rings. The van der Waals surface area contributed by atoms with E-state index in [1.54, 1.807) is 0 Å². The van der Waals surface area contributed by atoms with Crippen molar-refractivity contribution in [2.24, 2.45) is 0 Å². The number of hydrogen-bond donors (Lipinski definition) is 3. The van der Waals surface area contributed by atoms with E-state index in [9.17, 15) is 4.79 Å². The smallest absolute Gasteiger partial charge is 0.328 e. The van der Waals surface area contributed by atoms with Gasteiger partial charge in [-0.3, -0.25) is 0 Å². The zero-order valence-electron chi connectivity index (χ0n) is 7.37. The van der Waals surface area contributed by atoms with Crippen molar-refractivity contribution in [3.63, 3.8) is 0 Å². The van der Waals surface area contributed by atoms with Crippen LogP contribution < -0.4 is 5.32 Å². The first-order chi connectivity index (χ1) is 5.48. The lowest BCUT2D eigenvalue weighted by Crippen LogP contribution is -2.42. The minimum Gasteiger partial charge on any atom is -0.478 e. The van der Waals surface area contributed by atoms with Gasteiger partial charge in [-0.15, -0.1) is 0 Å². The molecule has 70 valence electrons. The zero-order valence-corrected chi connectivity index (χ0v) is 7.37. The molecule has 12 heavy (non-hydrogen) atoms. The van der Waals surface area contributed by atoms with E-state index in [1.165, 1.54) is 6.08 Å². The van der Waals surface area contributed by atoms with E-state index in [-0.39, 0.29) is 12.1 Å². The molecular formula is C8H15NO3. The lowest BCUT2D eigenvalue weighted by atomic mass is 10.1. The van der Waals surface area contributed by atoms with Crippen molar-refractivity contribution in [2.75, 3.05) is 13.2 Å². The Morgan fingerprint density at radius 3 is 2.58 bits per heavy atom. The van der Waals surface area contributed by atoms with Crippen molar-refractivity contribution in [3.8, 4) is 0 Å². The molecule has 0 aromatic heterocycles. The minimum atomic E-state index is -0.960. The highest BCUT2D eigenvalue weighted by atomic mass is 16.4. The van der Waals surface area contributed by atoms with Crippen LogP contribution in [0, 0.1) is 0 Å². The molecule has 0 radical (unpaired) electrons. The summed E-state index contributed by atoms with van der Waals surface area (Å²) in [6.45, 7) is 4.14. The van der Waals surface area contributed by atoms with Crippen molar-refractivity contribution >= 4 is 5.97 Å².